The van der Waals surface area contributed by atoms with E-state index < -0.39 is 21.6 Å². The summed E-state index contributed by atoms with van der Waals surface area (Å²) in [6, 6.07) is 0. The Kier molecular flexibility index (Phi) is 2.32. The first-order chi connectivity index (χ1) is 6.55. The van der Waals surface area contributed by atoms with E-state index in [2.05, 4.69) is 51.3 Å². The second-order valence-electron chi connectivity index (χ2n) is 3.58. The van der Waals surface area contributed by atoms with Gasteiger partial charge >= 0.3 is 0 Å². The van der Waals surface area contributed by atoms with Gasteiger partial charge in [0.1, 0.15) is 2.75 Å². The first-order valence-corrected chi connectivity index (χ1v) is 8.71. The molecule has 0 saturated carbocycles. The Bertz CT molecular complexity index is 431. The highest BCUT2D eigenvalue weighted by molar-refractivity contribution is 14.1. The summed E-state index contributed by atoms with van der Waals surface area (Å²) in [7, 11) is -1.80. The molecule has 0 aromatic carbocycles. The molecule has 6 heteroatoms. The predicted octanol–water partition coefficient (Wildman–Crippen LogP) is 1.84. The van der Waals surface area contributed by atoms with E-state index in [1.807, 2.05) is 12.2 Å². The molecule has 3 rings (SSSR count). The second-order valence-corrected chi connectivity index (χ2v) is 11.4. The summed E-state index contributed by atoms with van der Waals surface area (Å²) in [6.45, 7) is 0. The maximum Gasteiger partial charge on any atom is 0.123 e. The third-order valence-corrected chi connectivity index (χ3v) is 10.7. The average molecular weight is 452 g/mol. The van der Waals surface area contributed by atoms with Crippen LogP contribution < -0.4 is 0 Å². The molecule has 0 aromatic rings. The highest BCUT2D eigenvalue weighted by Gasteiger charge is 2.63. The first kappa shape index (κ1) is 10.4. The SMILES string of the molecule is O=S1C(I)=C[C@H]2[C@@H]1[C@H]1C=C[C@]2(I)S1=O. The van der Waals surface area contributed by atoms with E-state index in [1.165, 1.54) is 0 Å². The normalized spacial score (nSPS) is 59.0. The van der Waals surface area contributed by atoms with Gasteiger partial charge in [0, 0.05) is 5.92 Å². The topological polar surface area (TPSA) is 34.1 Å². The van der Waals surface area contributed by atoms with E-state index in [0.29, 0.717) is 0 Å². The lowest BCUT2D eigenvalue weighted by Crippen LogP contribution is -2.31. The van der Waals surface area contributed by atoms with E-state index in [0.717, 1.165) is 2.91 Å². The lowest BCUT2D eigenvalue weighted by molar-refractivity contribution is 0.624. The Labute approximate surface area is 114 Å². The summed E-state index contributed by atoms with van der Waals surface area (Å²) in [4.78, 5) is 0. The first-order valence-electron chi connectivity index (χ1n) is 4.12. The van der Waals surface area contributed by atoms with Gasteiger partial charge < -0.3 is 0 Å². The summed E-state index contributed by atoms with van der Waals surface area (Å²) in [5.74, 6) is 0.215. The van der Waals surface area contributed by atoms with Crippen LogP contribution in [0.2, 0.25) is 0 Å². The number of halogens is 2. The summed E-state index contributed by atoms with van der Waals surface area (Å²) in [5.41, 5.74) is 0. The van der Waals surface area contributed by atoms with Crippen LogP contribution in [0.5, 0.6) is 0 Å². The standard InChI is InChI=1S/C8H6I2O2S2/c9-6-3-4-7(13(6)11)5-1-2-8(4,10)14(5)12/h1-5,7H/t4-,5+,7+,8-,13?,14?/m0/s1. The van der Waals surface area contributed by atoms with Crippen molar-refractivity contribution >= 4 is 66.8 Å². The van der Waals surface area contributed by atoms with Crippen molar-refractivity contribution < 1.29 is 8.42 Å². The van der Waals surface area contributed by atoms with Crippen molar-refractivity contribution in [3.05, 3.63) is 21.1 Å². The van der Waals surface area contributed by atoms with Gasteiger partial charge in [0.2, 0.25) is 0 Å². The molecule has 0 amide bonds. The molecule has 1 saturated heterocycles. The second kappa shape index (κ2) is 3.13. The molecule has 2 bridgehead atoms. The van der Waals surface area contributed by atoms with Gasteiger partial charge in [-0.25, -0.2) is 0 Å². The van der Waals surface area contributed by atoms with Crippen molar-refractivity contribution in [2.75, 3.05) is 0 Å². The van der Waals surface area contributed by atoms with Crippen LogP contribution in [-0.4, -0.2) is 21.7 Å². The Morgan fingerprint density at radius 2 is 2.14 bits per heavy atom. The third kappa shape index (κ3) is 1.06. The molecular weight excluding hydrogens is 446 g/mol. The predicted molar refractivity (Wildman–Crippen MR) is 75.3 cm³/mol. The highest BCUT2D eigenvalue weighted by atomic mass is 127. The Morgan fingerprint density at radius 3 is 2.79 bits per heavy atom. The number of fused-ring (bicyclic) bond motifs is 5. The van der Waals surface area contributed by atoms with Crippen molar-refractivity contribution in [1.29, 1.82) is 0 Å². The van der Waals surface area contributed by atoms with E-state index in [1.54, 1.807) is 0 Å². The van der Waals surface area contributed by atoms with Gasteiger partial charge in [0.25, 0.3) is 0 Å². The van der Waals surface area contributed by atoms with Gasteiger partial charge in [-0.1, -0.05) is 40.8 Å². The van der Waals surface area contributed by atoms with Crippen LogP contribution in [0.1, 0.15) is 0 Å². The van der Waals surface area contributed by atoms with E-state index in [9.17, 15) is 8.42 Å². The number of alkyl halides is 1. The van der Waals surface area contributed by atoms with Crippen LogP contribution >= 0.6 is 45.2 Å². The smallest absolute Gasteiger partial charge is 0.123 e. The molecule has 0 N–H and O–H groups in total. The lowest BCUT2D eigenvalue weighted by Gasteiger charge is -2.22. The van der Waals surface area contributed by atoms with Crippen LogP contribution in [-0.2, 0) is 21.6 Å². The molecule has 6 atom stereocenters. The lowest BCUT2D eigenvalue weighted by atomic mass is 9.94. The van der Waals surface area contributed by atoms with E-state index in [-0.39, 0.29) is 19.2 Å². The fraction of sp³-hybridized carbons (Fsp3) is 0.500. The summed E-state index contributed by atoms with van der Waals surface area (Å²) in [6.07, 6.45) is 6.08. The molecular formula is C8H6I2O2S2. The molecule has 1 fully saturated rings. The quantitative estimate of drug-likeness (QED) is 0.320. The molecule has 2 nitrogen and oxygen atoms in total. The number of hydrogen-bond acceptors (Lipinski definition) is 2. The Morgan fingerprint density at radius 1 is 1.43 bits per heavy atom. The average Bonchev–Trinajstić information content (AvgIpc) is 2.65. The van der Waals surface area contributed by atoms with E-state index in [4.69, 9.17) is 0 Å². The van der Waals surface area contributed by atoms with Crippen LogP contribution in [0, 0.1) is 5.92 Å². The molecule has 2 unspecified atom stereocenters. The molecule has 0 radical (unpaired) electrons. The zero-order chi connectivity index (χ0) is 10.1. The number of rotatable bonds is 0. The van der Waals surface area contributed by atoms with Crippen molar-refractivity contribution in [2.45, 2.75) is 13.3 Å². The van der Waals surface area contributed by atoms with Gasteiger partial charge in [0.05, 0.1) is 35.0 Å². The number of hydrogen-bond donors (Lipinski definition) is 0. The molecule has 3 heterocycles. The summed E-state index contributed by atoms with van der Waals surface area (Å²) >= 11 is 4.40. The van der Waals surface area contributed by atoms with Crippen LogP contribution in [0.3, 0.4) is 0 Å². The minimum atomic E-state index is -0.920. The summed E-state index contributed by atoms with van der Waals surface area (Å²) < 4.78 is 24.6. The van der Waals surface area contributed by atoms with Crippen molar-refractivity contribution in [1.82, 2.24) is 0 Å². The minimum absolute atomic E-state index is 0.0150. The Hall–Kier alpha value is 1.24. The fourth-order valence-electron chi connectivity index (χ4n) is 2.28. The zero-order valence-corrected chi connectivity index (χ0v) is 12.8. The minimum Gasteiger partial charge on any atom is -0.257 e. The third-order valence-electron chi connectivity index (χ3n) is 2.95. The Balaban J connectivity index is 2.18. The van der Waals surface area contributed by atoms with Crippen molar-refractivity contribution in [2.24, 2.45) is 5.92 Å². The fourth-order valence-corrected chi connectivity index (χ4v) is 9.32. The monoisotopic (exact) mass is 452 g/mol. The van der Waals surface area contributed by atoms with Crippen molar-refractivity contribution in [3.8, 4) is 0 Å². The molecule has 14 heavy (non-hydrogen) atoms. The van der Waals surface area contributed by atoms with Gasteiger partial charge in [0.15, 0.2) is 0 Å². The molecule has 76 valence electrons. The zero-order valence-electron chi connectivity index (χ0n) is 6.85. The maximum absolute atomic E-state index is 12.0. The van der Waals surface area contributed by atoms with Crippen LogP contribution in [0.15, 0.2) is 21.1 Å². The molecule has 0 aromatic heterocycles. The van der Waals surface area contributed by atoms with E-state index >= 15 is 0 Å². The van der Waals surface area contributed by atoms with Gasteiger partial charge in [-0.2, -0.15) is 0 Å². The van der Waals surface area contributed by atoms with Gasteiger partial charge in [-0.3, -0.25) is 8.42 Å². The molecule has 3 aliphatic rings. The molecule has 0 spiro atoms. The largest absolute Gasteiger partial charge is 0.257 e. The molecule has 0 aliphatic carbocycles. The van der Waals surface area contributed by atoms with Crippen LogP contribution in [0.25, 0.3) is 0 Å². The summed E-state index contributed by atoms with van der Waals surface area (Å²) in [5, 5.41) is 0.0888. The van der Waals surface area contributed by atoms with Crippen LogP contribution in [0.4, 0.5) is 0 Å². The van der Waals surface area contributed by atoms with Crippen molar-refractivity contribution in [3.63, 3.8) is 0 Å². The molecule has 3 aliphatic heterocycles. The number of allylic oxidation sites excluding steroid dienone is 1. The maximum atomic E-state index is 12.0. The highest BCUT2D eigenvalue weighted by Crippen LogP contribution is 2.56. The van der Waals surface area contributed by atoms with Gasteiger partial charge in [-0.15, -0.1) is 0 Å². The van der Waals surface area contributed by atoms with Gasteiger partial charge in [-0.05, 0) is 22.6 Å².